The predicted molar refractivity (Wildman–Crippen MR) is 97.6 cm³/mol. The van der Waals surface area contributed by atoms with Gasteiger partial charge in [-0.15, -0.1) is 0 Å². The van der Waals surface area contributed by atoms with Gasteiger partial charge in [0.2, 0.25) is 11.8 Å². The molecule has 0 aliphatic carbocycles. The molecule has 0 aromatic heterocycles. The summed E-state index contributed by atoms with van der Waals surface area (Å²) < 4.78 is 0. The van der Waals surface area contributed by atoms with Crippen LogP contribution in [0.2, 0.25) is 0 Å². The summed E-state index contributed by atoms with van der Waals surface area (Å²) in [6.07, 6.45) is 0. The van der Waals surface area contributed by atoms with Gasteiger partial charge in [0.05, 0.1) is 19.1 Å². The fourth-order valence-electron chi connectivity index (χ4n) is 2.72. The number of carbonyl (C=O) groups is 2. The van der Waals surface area contributed by atoms with Crippen LogP contribution in [0.4, 0.5) is 0 Å². The number of rotatable bonds is 9. The van der Waals surface area contributed by atoms with Crippen LogP contribution in [0.25, 0.3) is 0 Å². The van der Waals surface area contributed by atoms with Gasteiger partial charge in [-0.1, -0.05) is 44.2 Å². The van der Waals surface area contributed by atoms with E-state index >= 15 is 0 Å². The number of hydrogen-bond acceptors (Lipinski definition) is 3. The second-order valence-electron chi connectivity index (χ2n) is 6.44. The summed E-state index contributed by atoms with van der Waals surface area (Å²) in [6.45, 7) is 9.95. The Kier molecular flexibility index (Phi) is 8.47. The summed E-state index contributed by atoms with van der Waals surface area (Å²) in [5, 5.41) is 3.09. The first-order valence-electron chi connectivity index (χ1n) is 8.69. The number of carbonyl (C=O) groups excluding carboxylic acids is 2. The molecule has 1 N–H and O–H groups in total. The molecule has 0 aliphatic heterocycles. The molecular formula is C19H31N3O2. The minimum absolute atomic E-state index is 0.0226. The van der Waals surface area contributed by atoms with Crippen molar-refractivity contribution >= 4 is 11.8 Å². The number of benzene rings is 1. The maximum atomic E-state index is 12.4. The third-order valence-corrected chi connectivity index (χ3v) is 4.08. The van der Waals surface area contributed by atoms with Crippen LogP contribution in [0.15, 0.2) is 30.3 Å². The van der Waals surface area contributed by atoms with E-state index in [1.807, 2.05) is 44.2 Å². The third-order valence-electron chi connectivity index (χ3n) is 4.08. The first kappa shape index (κ1) is 20.2. The maximum absolute atomic E-state index is 12.4. The van der Waals surface area contributed by atoms with Gasteiger partial charge in [-0.2, -0.15) is 0 Å². The van der Waals surface area contributed by atoms with E-state index < -0.39 is 0 Å². The molecule has 0 saturated carbocycles. The van der Waals surface area contributed by atoms with Crippen LogP contribution in [0, 0.1) is 5.92 Å². The molecule has 1 unspecified atom stereocenters. The molecule has 0 heterocycles. The monoisotopic (exact) mass is 333 g/mol. The predicted octanol–water partition coefficient (Wildman–Crippen LogP) is 2.30. The molecule has 24 heavy (non-hydrogen) atoms. The fraction of sp³-hybridized carbons (Fsp3) is 0.579. The van der Waals surface area contributed by atoms with E-state index in [2.05, 4.69) is 19.2 Å². The van der Waals surface area contributed by atoms with E-state index in [0.717, 1.165) is 5.56 Å². The molecule has 0 radical (unpaired) electrons. The van der Waals surface area contributed by atoms with Crippen molar-refractivity contribution < 1.29 is 9.59 Å². The Morgan fingerprint density at radius 2 is 1.62 bits per heavy atom. The van der Waals surface area contributed by atoms with Gasteiger partial charge in [-0.25, -0.2) is 0 Å². The molecule has 1 atom stereocenters. The summed E-state index contributed by atoms with van der Waals surface area (Å²) in [5.74, 6) is 0.283. The highest BCUT2D eigenvalue weighted by molar-refractivity contribution is 5.81. The van der Waals surface area contributed by atoms with Gasteiger partial charge < -0.3 is 10.2 Å². The van der Waals surface area contributed by atoms with E-state index in [0.29, 0.717) is 19.0 Å². The van der Waals surface area contributed by atoms with E-state index in [-0.39, 0.29) is 30.9 Å². The van der Waals surface area contributed by atoms with E-state index in [4.69, 9.17) is 0 Å². The van der Waals surface area contributed by atoms with Gasteiger partial charge in [0.25, 0.3) is 0 Å². The highest BCUT2D eigenvalue weighted by atomic mass is 16.2. The highest BCUT2D eigenvalue weighted by Gasteiger charge is 2.20. The molecular weight excluding hydrogens is 302 g/mol. The normalized spacial score (nSPS) is 12.3. The lowest BCUT2D eigenvalue weighted by Crippen LogP contribution is -2.43. The maximum Gasteiger partial charge on any atom is 0.236 e. The Balaban J connectivity index is 2.58. The van der Waals surface area contributed by atoms with Gasteiger partial charge in [0, 0.05) is 13.1 Å². The first-order valence-corrected chi connectivity index (χ1v) is 8.69. The Morgan fingerprint density at radius 3 is 2.12 bits per heavy atom. The third kappa shape index (κ3) is 6.32. The Labute approximate surface area is 146 Å². The molecule has 2 amide bonds. The quantitative estimate of drug-likeness (QED) is 0.754. The van der Waals surface area contributed by atoms with Crippen LogP contribution in [0.1, 0.15) is 39.3 Å². The Hall–Kier alpha value is -1.88. The summed E-state index contributed by atoms with van der Waals surface area (Å²) in [6, 6.07) is 9.95. The van der Waals surface area contributed by atoms with Crippen LogP contribution < -0.4 is 5.32 Å². The van der Waals surface area contributed by atoms with Crippen LogP contribution in [0.5, 0.6) is 0 Å². The van der Waals surface area contributed by atoms with Crippen molar-refractivity contribution in [1.29, 1.82) is 0 Å². The number of amides is 2. The number of likely N-dealkylation sites (N-methyl/N-ethyl adjacent to an activating group) is 2. The van der Waals surface area contributed by atoms with Gasteiger partial charge in [-0.05, 0) is 32.4 Å². The molecule has 0 aliphatic rings. The van der Waals surface area contributed by atoms with E-state index in [1.54, 1.807) is 16.8 Å². The van der Waals surface area contributed by atoms with Crippen LogP contribution >= 0.6 is 0 Å². The number of hydrogen-bond donors (Lipinski definition) is 1. The molecule has 134 valence electrons. The molecule has 1 aromatic carbocycles. The smallest absolute Gasteiger partial charge is 0.236 e. The minimum atomic E-state index is -0.0626. The van der Waals surface area contributed by atoms with Crippen molar-refractivity contribution in [3.63, 3.8) is 0 Å². The van der Waals surface area contributed by atoms with Crippen molar-refractivity contribution in [3.05, 3.63) is 35.9 Å². The second-order valence-corrected chi connectivity index (χ2v) is 6.44. The summed E-state index contributed by atoms with van der Waals surface area (Å²) >= 11 is 0. The van der Waals surface area contributed by atoms with Crippen LogP contribution in [0.3, 0.4) is 0 Å². The van der Waals surface area contributed by atoms with E-state index in [9.17, 15) is 9.59 Å². The highest BCUT2D eigenvalue weighted by Crippen LogP contribution is 2.21. The lowest BCUT2D eigenvalue weighted by atomic mass is 9.96. The summed E-state index contributed by atoms with van der Waals surface area (Å²) in [4.78, 5) is 28.0. The number of nitrogens with one attached hydrogen (secondary N) is 1. The Bertz CT molecular complexity index is 513. The zero-order chi connectivity index (χ0) is 18.1. The minimum Gasteiger partial charge on any atom is -0.348 e. The average molecular weight is 333 g/mol. The van der Waals surface area contributed by atoms with Gasteiger partial charge in [-0.3, -0.25) is 14.5 Å². The number of nitrogens with zero attached hydrogens (tertiary/aromatic N) is 2. The zero-order valence-corrected chi connectivity index (χ0v) is 15.6. The second kappa shape index (κ2) is 10.1. The molecule has 0 bridgehead atoms. The topological polar surface area (TPSA) is 52.7 Å². The van der Waals surface area contributed by atoms with Crippen LogP contribution in [-0.2, 0) is 9.59 Å². The van der Waals surface area contributed by atoms with Crippen molar-refractivity contribution in [2.75, 3.05) is 33.2 Å². The van der Waals surface area contributed by atoms with Crippen molar-refractivity contribution in [1.82, 2.24) is 15.1 Å². The molecule has 0 fully saturated rings. The lowest BCUT2D eigenvalue weighted by Gasteiger charge is -2.26. The largest absolute Gasteiger partial charge is 0.348 e. The molecule has 1 rings (SSSR count). The lowest BCUT2D eigenvalue weighted by molar-refractivity contribution is -0.132. The van der Waals surface area contributed by atoms with Crippen molar-refractivity contribution in [3.8, 4) is 0 Å². The van der Waals surface area contributed by atoms with Crippen molar-refractivity contribution in [2.45, 2.75) is 33.7 Å². The zero-order valence-electron chi connectivity index (χ0n) is 15.6. The van der Waals surface area contributed by atoms with Crippen LogP contribution in [-0.4, -0.2) is 54.8 Å². The Morgan fingerprint density at radius 1 is 1.04 bits per heavy atom. The molecule has 0 spiro atoms. The molecule has 5 nitrogen and oxygen atoms in total. The average Bonchev–Trinajstić information content (AvgIpc) is 2.54. The molecule has 5 heteroatoms. The van der Waals surface area contributed by atoms with Gasteiger partial charge >= 0.3 is 0 Å². The standard InChI is InChI=1S/C19H31N3O2/c1-6-22(7-2)18(24)14-21(5)13-17(23)20-19(15(3)4)16-11-9-8-10-12-16/h8-12,15,19H,6-7,13-14H2,1-5H3,(H,20,23). The SMILES string of the molecule is CCN(CC)C(=O)CN(C)CC(=O)NC(c1ccccc1)C(C)C. The van der Waals surface area contributed by atoms with Gasteiger partial charge in [0.15, 0.2) is 0 Å². The fourth-order valence-corrected chi connectivity index (χ4v) is 2.72. The van der Waals surface area contributed by atoms with Gasteiger partial charge in [0.1, 0.15) is 0 Å². The molecule has 1 aromatic rings. The first-order chi connectivity index (χ1) is 11.4. The summed E-state index contributed by atoms with van der Waals surface area (Å²) in [7, 11) is 1.80. The molecule has 0 saturated heterocycles. The van der Waals surface area contributed by atoms with Crippen molar-refractivity contribution in [2.24, 2.45) is 5.92 Å². The summed E-state index contributed by atoms with van der Waals surface area (Å²) in [5.41, 5.74) is 1.10. The van der Waals surface area contributed by atoms with E-state index in [1.165, 1.54) is 0 Å².